The number of thiophene rings is 1. The molecule has 2 aromatic rings. The van der Waals surface area contributed by atoms with Gasteiger partial charge in [-0.25, -0.2) is 13.2 Å². The van der Waals surface area contributed by atoms with Crippen LogP contribution in [-0.4, -0.2) is 64.0 Å². The number of ether oxygens (including phenoxy) is 2. The highest BCUT2D eigenvalue weighted by Gasteiger charge is 2.27. The lowest BCUT2D eigenvalue weighted by Crippen LogP contribution is -2.40. The van der Waals surface area contributed by atoms with E-state index >= 15 is 0 Å². The lowest BCUT2D eigenvalue weighted by Gasteiger charge is -2.26. The summed E-state index contributed by atoms with van der Waals surface area (Å²) in [5.41, 5.74) is 1.00. The quantitative estimate of drug-likeness (QED) is 0.669. The van der Waals surface area contributed by atoms with Gasteiger partial charge in [-0.1, -0.05) is 0 Å². The largest absolute Gasteiger partial charge is 0.453 e. The van der Waals surface area contributed by atoms with E-state index in [1.165, 1.54) is 39.9 Å². The van der Waals surface area contributed by atoms with Crippen molar-refractivity contribution in [1.29, 1.82) is 0 Å². The zero-order valence-electron chi connectivity index (χ0n) is 17.8. The number of alkyl carbamates (subject to hydrolysis) is 1. The highest BCUT2D eigenvalue weighted by Crippen LogP contribution is 2.33. The molecule has 0 atom stereocenters. The standard InChI is InChI=1S/C20H23N3O7S2/c1-12-13(2)31-19(16(12)18(25)22-20(26)29-3)21-17(24)14-4-6-15(7-5-14)32(27,28)23-8-10-30-11-9-23/h4-7H,8-11H2,1-3H3,(H,21,24)(H,22,25,26). The summed E-state index contributed by atoms with van der Waals surface area (Å²) in [5.74, 6) is -1.21. The van der Waals surface area contributed by atoms with Crippen molar-refractivity contribution >= 4 is 44.3 Å². The number of rotatable bonds is 5. The van der Waals surface area contributed by atoms with Crippen molar-refractivity contribution in [1.82, 2.24) is 9.62 Å². The molecular weight excluding hydrogens is 458 g/mol. The van der Waals surface area contributed by atoms with Crippen LogP contribution in [0.3, 0.4) is 0 Å². The number of aryl methyl sites for hydroxylation is 1. The molecule has 1 aliphatic rings. The van der Waals surface area contributed by atoms with Crippen molar-refractivity contribution < 1.29 is 32.3 Å². The molecule has 32 heavy (non-hydrogen) atoms. The second-order valence-corrected chi connectivity index (χ2v) is 10.1. The number of carbonyl (C=O) groups is 3. The molecule has 1 aromatic carbocycles. The van der Waals surface area contributed by atoms with E-state index in [0.717, 1.165) is 12.0 Å². The number of carbonyl (C=O) groups excluding carboxylic acids is 3. The van der Waals surface area contributed by atoms with Crippen LogP contribution in [0.2, 0.25) is 0 Å². The van der Waals surface area contributed by atoms with Crippen molar-refractivity contribution in [2.24, 2.45) is 0 Å². The van der Waals surface area contributed by atoms with Crippen LogP contribution in [0.25, 0.3) is 0 Å². The molecule has 0 saturated carbocycles. The normalized spacial score (nSPS) is 14.6. The number of morpholine rings is 1. The van der Waals surface area contributed by atoms with Crippen LogP contribution in [0.4, 0.5) is 9.80 Å². The van der Waals surface area contributed by atoms with E-state index in [0.29, 0.717) is 18.8 Å². The van der Waals surface area contributed by atoms with Gasteiger partial charge >= 0.3 is 6.09 Å². The molecule has 3 amide bonds. The smallest absolute Gasteiger partial charge is 0.413 e. The molecule has 0 radical (unpaired) electrons. The lowest BCUT2D eigenvalue weighted by atomic mass is 10.1. The van der Waals surface area contributed by atoms with E-state index in [2.05, 4.69) is 15.4 Å². The van der Waals surface area contributed by atoms with Crippen molar-refractivity contribution in [3.05, 3.63) is 45.8 Å². The molecule has 0 bridgehead atoms. The van der Waals surface area contributed by atoms with Crippen LogP contribution in [0.5, 0.6) is 0 Å². The topological polar surface area (TPSA) is 131 Å². The minimum atomic E-state index is -3.67. The van der Waals surface area contributed by atoms with E-state index in [1.54, 1.807) is 13.8 Å². The van der Waals surface area contributed by atoms with Crippen molar-refractivity contribution in [2.45, 2.75) is 18.7 Å². The van der Waals surface area contributed by atoms with Gasteiger partial charge in [-0.15, -0.1) is 11.3 Å². The molecule has 1 aliphatic heterocycles. The molecule has 1 saturated heterocycles. The Labute approximate surface area is 189 Å². The van der Waals surface area contributed by atoms with Gasteiger partial charge < -0.3 is 14.8 Å². The Morgan fingerprint density at radius 3 is 2.28 bits per heavy atom. The molecule has 10 nitrogen and oxygen atoms in total. The van der Waals surface area contributed by atoms with Crippen LogP contribution in [-0.2, 0) is 19.5 Å². The Morgan fingerprint density at radius 2 is 1.69 bits per heavy atom. The number of amides is 3. The zero-order valence-corrected chi connectivity index (χ0v) is 19.4. The molecule has 12 heteroatoms. The Bertz CT molecular complexity index is 1130. The maximum absolute atomic E-state index is 12.7. The molecule has 1 fully saturated rings. The van der Waals surface area contributed by atoms with Gasteiger partial charge in [-0.2, -0.15) is 4.31 Å². The minimum absolute atomic E-state index is 0.0805. The molecule has 0 spiro atoms. The monoisotopic (exact) mass is 481 g/mol. The van der Waals surface area contributed by atoms with Gasteiger partial charge in [0.2, 0.25) is 10.0 Å². The molecular formula is C20H23N3O7S2. The Hall–Kier alpha value is -2.80. The number of nitrogens with one attached hydrogen (secondary N) is 2. The van der Waals surface area contributed by atoms with Crippen molar-refractivity contribution in [2.75, 3.05) is 38.7 Å². The molecule has 1 aromatic heterocycles. The summed E-state index contributed by atoms with van der Waals surface area (Å²) in [6.07, 6.45) is -0.910. The Kier molecular flexibility index (Phi) is 7.29. The first-order chi connectivity index (χ1) is 15.1. The van der Waals surface area contributed by atoms with E-state index < -0.39 is 27.9 Å². The number of hydrogen-bond acceptors (Lipinski definition) is 8. The number of nitrogens with zero attached hydrogens (tertiary/aromatic N) is 1. The first kappa shape index (κ1) is 23.9. The second kappa shape index (κ2) is 9.77. The maximum atomic E-state index is 12.7. The van der Waals surface area contributed by atoms with Gasteiger partial charge in [0.1, 0.15) is 5.00 Å². The van der Waals surface area contributed by atoms with Crippen molar-refractivity contribution in [3.63, 3.8) is 0 Å². The predicted octanol–water partition coefficient (Wildman–Crippen LogP) is 2.13. The van der Waals surface area contributed by atoms with Crippen LogP contribution >= 0.6 is 11.3 Å². The summed E-state index contributed by atoms with van der Waals surface area (Å²) in [4.78, 5) is 37.5. The van der Waals surface area contributed by atoms with Gasteiger partial charge in [0.25, 0.3) is 11.8 Å². The molecule has 2 N–H and O–H groups in total. The summed E-state index contributed by atoms with van der Waals surface area (Å²) < 4.78 is 36.4. The van der Waals surface area contributed by atoms with Crippen molar-refractivity contribution in [3.8, 4) is 0 Å². The average Bonchev–Trinajstić information content (AvgIpc) is 3.07. The molecule has 0 aliphatic carbocycles. The van der Waals surface area contributed by atoms with Crippen LogP contribution in [0.1, 0.15) is 31.2 Å². The van der Waals surface area contributed by atoms with Crippen LogP contribution < -0.4 is 10.6 Å². The van der Waals surface area contributed by atoms with Crippen LogP contribution in [0, 0.1) is 13.8 Å². The van der Waals surface area contributed by atoms with Gasteiger partial charge in [0.15, 0.2) is 0 Å². The lowest BCUT2D eigenvalue weighted by molar-refractivity contribution is 0.0730. The predicted molar refractivity (Wildman–Crippen MR) is 118 cm³/mol. The van der Waals surface area contributed by atoms with E-state index in [4.69, 9.17) is 4.74 Å². The molecule has 172 valence electrons. The zero-order chi connectivity index (χ0) is 23.5. The minimum Gasteiger partial charge on any atom is -0.453 e. The van der Waals surface area contributed by atoms with Gasteiger partial charge in [0, 0.05) is 23.5 Å². The van der Waals surface area contributed by atoms with E-state index in [1.807, 2.05) is 0 Å². The number of benzene rings is 1. The number of methoxy groups -OCH3 is 1. The van der Waals surface area contributed by atoms with Gasteiger partial charge in [-0.3, -0.25) is 14.9 Å². The second-order valence-electron chi connectivity index (χ2n) is 6.93. The summed E-state index contributed by atoms with van der Waals surface area (Å²) in [7, 11) is -2.53. The van der Waals surface area contributed by atoms with Gasteiger partial charge in [-0.05, 0) is 43.7 Å². The summed E-state index contributed by atoms with van der Waals surface area (Å²) in [5, 5.41) is 5.03. The molecule has 3 rings (SSSR count). The first-order valence-electron chi connectivity index (χ1n) is 9.63. The number of imide groups is 1. The highest BCUT2D eigenvalue weighted by atomic mass is 32.2. The third kappa shape index (κ3) is 4.99. The van der Waals surface area contributed by atoms with Gasteiger partial charge in [0.05, 0.1) is 30.8 Å². The maximum Gasteiger partial charge on any atom is 0.413 e. The first-order valence-corrected chi connectivity index (χ1v) is 11.9. The SMILES string of the molecule is COC(=O)NC(=O)c1c(NC(=O)c2ccc(S(=O)(=O)N3CCOCC3)cc2)sc(C)c1C. The highest BCUT2D eigenvalue weighted by molar-refractivity contribution is 7.89. The fourth-order valence-electron chi connectivity index (χ4n) is 3.08. The Morgan fingerprint density at radius 1 is 1.06 bits per heavy atom. The molecule has 0 unspecified atom stereocenters. The van der Waals surface area contributed by atoms with E-state index in [9.17, 15) is 22.8 Å². The number of sulfonamides is 1. The third-order valence-electron chi connectivity index (χ3n) is 4.96. The number of anilines is 1. The van der Waals surface area contributed by atoms with E-state index in [-0.39, 0.29) is 34.1 Å². The third-order valence-corrected chi connectivity index (χ3v) is 8.00. The Balaban J connectivity index is 1.79. The number of hydrogen-bond donors (Lipinski definition) is 2. The summed E-state index contributed by atoms with van der Waals surface area (Å²) in [6.45, 7) is 4.72. The molecule has 2 heterocycles. The summed E-state index contributed by atoms with van der Waals surface area (Å²) >= 11 is 1.19. The fraction of sp³-hybridized carbons (Fsp3) is 0.350. The fourth-order valence-corrected chi connectivity index (χ4v) is 5.55. The van der Waals surface area contributed by atoms with Crippen LogP contribution in [0.15, 0.2) is 29.2 Å². The average molecular weight is 482 g/mol. The summed E-state index contributed by atoms with van der Waals surface area (Å²) in [6, 6.07) is 5.55.